The highest BCUT2D eigenvalue weighted by atomic mass is 79.9. The number of benzene rings is 2. The average molecular weight is 457 g/mol. The Morgan fingerprint density at radius 1 is 1.11 bits per heavy atom. The van der Waals surface area contributed by atoms with Gasteiger partial charge in [0.2, 0.25) is 0 Å². The van der Waals surface area contributed by atoms with Crippen LogP contribution in [0.15, 0.2) is 64.0 Å². The second-order valence-electron chi connectivity index (χ2n) is 7.59. The van der Waals surface area contributed by atoms with Crippen molar-refractivity contribution in [2.45, 2.75) is 44.1 Å². The third-order valence-corrected chi connectivity index (χ3v) is 7.18. The number of hydrogen-bond donors (Lipinski definition) is 1. The Labute approximate surface area is 179 Å². The predicted molar refractivity (Wildman–Crippen MR) is 122 cm³/mol. The first-order valence-electron chi connectivity index (χ1n) is 9.90. The van der Waals surface area contributed by atoms with E-state index in [4.69, 9.17) is 0 Å². The molecule has 2 aromatic rings. The van der Waals surface area contributed by atoms with Crippen molar-refractivity contribution in [1.29, 1.82) is 0 Å². The molecule has 2 aromatic carbocycles. The number of para-hydroxylation sites is 1. The van der Waals surface area contributed by atoms with Crippen molar-refractivity contribution in [1.82, 2.24) is 4.90 Å². The van der Waals surface area contributed by atoms with Gasteiger partial charge in [-0.1, -0.05) is 77.8 Å². The number of rotatable bonds is 4. The van der Waals surface area contributed by atoms with Crippen LogP contribution in [0.4, 0.5) is 5.69 Å². The van der Waals surface area contributed by atoms with Crippen molar-refractivity contribution in [3.05, 3.63) is 69.5 Å². The number of amides is 1. The zero-order valence-electron chi connectivity index (χ0n) is 16.0. The van der Waals surface area contributed by atoms with Crippen molar-refractivity contribution in [3.63, 3.8) is 0 Å². The molecule has 1 saturated carbocycles. The minimum Gasteiger partial charge on any atom is -0.356 e. The van der Waals surface area contributed by atoms with Crippen LogP contribution in [0.3, 0.4) is 0 Å². The Bertz CT molecular complexity index is 870. The van der Waals surface area contributed by atoms with E-state index in [1.807, 2.05) is 48.5 Å². The number of carbonyl (C=O) groups excluding carboxylic acids is 1. The molecule has 0 spiro atoms. The van der Waals surface area contributed by atoms with E-state index < -0.39 is 0 Å². The topological polar surface area (TPSA) is 32.3 Å². The summed E-state index contributed by atoms with van der Waals surface area (Å²) in [5.74, 6) is 0.681. The molecule has 1 aliphatic heterocycles. The van der Waals surface area contributed by atoms with Crippen LogP contribution in [0, 0.1) is 5.92 Å². The third kappa shape index (κ3) is 4.31. The first-order chi connectivity index (χ1) is 13.6. The fraction of sp³-hybridized carbons (Fsp3) is 0.348. The maximum atomic E-state index is 13.4. The monoisotopic (exact) mass is 456 g/mol. The summed E-state index contributed by atoms with van der Waals surface area (Å²) in [6.07, 6.45) is 6.77. The third-order valence-electron chi connectivity index (χ3n) is 5.57. The van der Waals surface area contributed by atoms with Gasteiger partial charge in [0.05, 0.1) is 4.91 Å². The lowest BCUT2D eigenvalue weighted by Gasteiger charge is -2.39. The molecule has 3 nitrogen and oxygen atoms in total. The molecule has 3 atom stereocenters. The van der Waals surface area contributed by atoms with Crippen molar-refractivity contribution >= 4 is 45.4 Å². The number of hydrogen-bond acceptors (Lipinski definition) is 3. The predicted octanol–water partition coefficient (Wildman–Crippen LogP) is 6.34. The lowest BCUT2D eigenvalue weighted by Crippen LogP contribution is -2.48. The van der Waals surface area contributed by atoms with E-state index in [9.17, 15) is 4.79 Å². The maximum Gasteiger partial charge on any atom is 0.262 e. The van der Waals surface area contributed by atoms with Crippen LogP contribution >= 0.6 is 27.7 Å². The van der Waals surface area contributed by atoms with E-state index in [0.717, 1.165) is 27.0 Å². The molecule has 1 unspecified atom stereocenters. The van der Waals surface area contributed by atoms with Gasteiger partial charge in [0.1, 0.15) is 0 Å². The van der Waals surface area contributed by atoms with Crippen LogP contribution in [0.2, 0.25) is 0 Å². The molecule has 4 rings (SSSR count). The highest BCUT2D eigenvalue weighted by Crippen LogP contribution is 2.42. The summed E-state index contributed by atoms with van der Waals surface area (Å²) in [4.78, 5) is 16.3. The van der Waals surface area contributed by atoms with Crippen molar-refractivity contribution in [3.8, 4) is 0 Å². The molecule has 0 radical (unpaired) electrons. The van der Waals surface area contributed by atoms with Gasteiger partial charge in [-0.2, -0.15) is 0 Å². The summed E-state index contributed by atoms with van der Waals surface area (Å²) < 4.78 is 1.02. The lowest BCUT2D eigenvalue weighted by atomic mass is 9.85. The van der Waals surface area contributed by atoms with Crippen LogP contribution in [0.5, 0.6) is 0 Å². The van der Waals surface area contributed by atoms with Crippen molar-refractivity contribution in [2.24, 2.45) is 5.92 Å². The van der Waals surface area contributed by atoms with E-state index >= 15 is 0 Å². The highest BCUT2D eigenvalue weighted by Gasteiger charge is 2.42. The Kier molecular flexibility index (Phi) is 6.12. The van der Waals surface area contributed by atoms with E-state index in [1.165, 1.54) is 19.3 Å². The molecular weight excluding hydrogens is 432 g/mol. The Morgan fingerprint density at radius 2 is 1.89 bits per heavy atom. The summed E-state index contributed by atoms with van der Waals surface area (Å²) in [6, 6.07) is 18.6. The molecule has 1 saturated heterocycles. The van der Waals surface area contributed by atoms with Gasteiger partial charge >= 0.3 is 0 Å². The number of anilines is 1. The summed E-state index contributed by atoms with van der Waals surface area (Å²) in [5, 5.41) is 3.58. The molecular formula is C23H25BrN2OS. The fourth-order valence-corrected chi connectivity index (χ4v) is 5.74. The zero-order valence-corrected chi connectivity index (χ0v) is 18.4. The number of nitrogens with zero attached hydrogens (tertiary/aromatic N) is 1. The normalized spacial score (nSPS) is 26.6. The van der Waals surface area contributed by atoms with Crippen LogP contribution < -0.4 is 5.32 Å². The standard InChI is InChI=1S/C23H25BrN2OS/c1-16-8-5-6-13-20(16)26-22(27)21(15-17-9-7-10-18(24)14-17)28-23(26)25-19-11-3-2-4-12-19/h2-4,7,9-12,14-16,20,23,25H,5-6,8,13H2,1H3/b21-15-/t16-,20-,23?/m0/s1. The van der Waals surface area contributed by atoms with Gasteiger partial charge in [0.25, 0.3) is 5.91 Å². The number of thioether (sulfide) groups is 1. The minimum atomic E-state index is -0.0705. The Morgan fingerprint density at radius 3 is 2.64 bits per heavy atom. The SMILES string of the molecule is C[C@H]1CCCC[C@@H]1N1C(=O)/C(=C/c2cccc(Br)c2)SC1Nc1ccccc1. The van der Waals surface area contributed by atoms with Crippen molar-refractivity contribution in [2.75, 3.05) is 5.32 Å². The van der Waals surface area contributed by atoms with E-state index in [-0.39, 0.29) is 11.4 Å². The lowest BCUT2D eigenvalue weighted by molar-refractivity contribution is -0.129. The molecule has 1 amide bonds. The summed E-state index contributed by atoms with van der Waals surface area (Å²) >= 11 is 5.15. The molecule has 146 valence electrons. The number of carbonyl (C=O) groups is 1. The first kappa shape index (κ1) is 19.6. The van der Waals surface area contributed by atoms with Gasteiger partial charge in [0, 0.05) is 16.2 Å². The summed E-state index contributed by atoms with van der Waals surface area (Å²) in [5.41, 5.74) is 2.02. The molecule has 2 fully saturated rings. The largest absolute Gasteiger partial charge is 0.356 e. The van der Waals surface area contributed by atoms with Crippen molar-refractivity contribution < 1.29 is 4.79 Å². The van der Waals surface area contributed by atoms with Crippen LogP contribution in [0.25, 0.3) is 6.08 Å². The Balaban J connectivity index is 1.64. The van der Waals surface area contributed by atoms with Crippen LogP contribution in [-0.4, -0.2) is 22.3 Å². The van der Waals surface area contributed by atoms with Gasteiger partial charge in [-0.05, 0) is 54.7 Å². The van der Waals surface area contributed by atoms with E-state index in [2.05, 4.69) is 45.2 Å². The smallest absolute Gasteiger partial charge is 0.262 e. The van der Waals surface area contributed by atoms with Gasteiger partial charge < -0.3 is 10.2 Å². The first-order valence-corrected chi connectivity index (χ1v) is 11.6. The zero-order chi connectivity index (χ0) is 19.5. The van der Waals surface area contributed by atoms with Gasteiger partial charge in [-0.3, -0.25) is 4.79 Å². The van der Waals surface area contributed by atoms with E-state index in [1.54, 1.807) is 11.8 Å². The molecule has 5 heteroatoms. The average Bonchev–Trinajstić information content (AvgIpc) is 2.98. The molecule has 1 aliphatic carbocycles. The molecule has 28 heavy (non-hydrogen) atoms. The van der Waals surface area contributed by atoms with Crippen LogP contribution in [0.1, 0.15) is 38.2 Å². The summed E-state index contributed by atoms with van der Waals surface area (Å²) in [6.45, 7) is 2.29. The number of halogens is 1. The molecule has 0 aromatic heterocycles. The van der Waals surface area contributed by atoms with Crippen LogP contribution in [-0.2, 0) is 4.79 Å². The van der Waals surface area contributed by atoms with E-state index in [0.29, 0.717) is 12.0 Å². The minimum absolute atomic E-state index is 0.0705. The second kappa shape index (κ2) is 8.75. The molecule has 1 N–H and O–H groups in total. The summed E-state index contributed by atoms with van der Waals surface area (Å²) in [7, 11) is 0. The van der Waals surface area contributed by atoms with Gasteiger partial charge in [-0.25, -0.2) is 0 Å². The molecule has 2 aliphatic rings. The molecule has 0 bridgehead atoms. The van der Waals surface area contributed by atoms with Gasteiger partial charge in [-0.15, -0.1) is 0 Å². The maximum absolute atomic E-state index is 13.4. The fourth-order valence-electron chi connectivity index (χ4n) is 4.12. The highest BCUT2D eigenvalue weighted by molar-refractivity contribution is 9.10. The van der Waals surface area contributed by atoms with Gasteiger partial charge in [0.15, 0.2) is 5.50 Å². The number of nitrogens with one attached hydrogen (secondary N) is 1. The quantitative estimate of drug-likeness (QED) is 0.544. The Hall–Kier alpha value is -1.72. The second-order valence-corrected chi connectivity index (χ2v) is 9.62. The molecule has 1 heterocycles.